The number of methoxy groups -OCH3 is 4. The first kappa shape index (κ1) is 23.0. The van der Waals surface area contributed by atoms with Crippen LogP contribution < -0.4 is 19.5 Å². The number of fused-ring (bicyclic) bond motifs is 1. The highest BCUT2D eigenvalue weighted by molar-refractivity contribution is 6.04. The van der Waals surface area contributed by atoms with Gasteiger partial charge in [-0.05, 0) is 36.8 Å². The SMILES string of the molecule is COCc1nn2c(C)c(C(=O)Nc3ccccc3OC)nnc2c1-c1ccc(OC)c(OC)c1. The van der Waals surface area contributed by atoms with Gasteiger partial charge in [0.05, 0.1) is 50.6 Å². The van der Waals surface area contributed by atoms with Crippen LogP contribution in [0.4, 0.5) is 5.69 Å². The molecule has 0 aliphatic heterocycles. The molecular weight excluding hydrogens is 438 g/mol. The summed E-state index contributed by atoms with van der Waals surface area (Å²) in [6.45, 7) is 2.01. The summed E-state index contributed by atoms with van der Waals surface area (Å²) in [4.78, 5) is 13.0. The lowest BCUT2D eigenvalue weighted by atomic mass is 10.1. The summed E-state index contributed by atoms with van der Waals surface area (Å²) >= 11 is 0. The van der Waals surface area contributed by atoms with E-state index in [4.69, 9.17) is 18.9 Å². The van der Waals surface area contributed by atoms with Gasteiger partial charge in [0.15, 0.2) is 22.8 Å². The minimum absolute atomic E-state index is 0.142. The third-order valence-electron chi connectivity index (χ3n) is 5.36. The maximum Gasteiger partial charge on any atom is 0.278 e. The number of nitrogens with one attached hydrogen (secondary N) is 1. The molecule has 0 aliphatic rings. The fraction of sp³-hybridized carbons (Fsp3) is 0.250. The fourth-order valence-electron chi connectivity index (χ4n) is 3.71. The quantitative estimate of drug-likeness (QED) is 0.423. The summed E-state index contributed by atoms with van der Waals surface area (Å²) in [5.74, 6) is 1.29. The monoisotopic (exact) mass is 463 g/mol. The average molecular weight is 463 g/mol. The molecule has 0 fully saturated rings. The summed E-state index contributed by atoms with van der Waals surface area (Å²) in [6.07, 6.45) is 0. The fourth-order valence-corrected chi connectivity index (χ4v) is 3.71. The van der Waals surface area contributed by atoms with Crippen molar-refractivity contribution in [1.82, 2.24) is 19.8 Å². The number of carbonyl (C=O) groups excluding carboxylic acids is 1. The van der Waals surface area contributed by atoms with Gasteiger partial charge in [-0.2, -0.15) is 5.10 Å². The van der Waals surface area contributed by atoms with Crippen molar-refractivity contribution in [2.24, 2.45) is 0 Å². The van der Waals surface area contributed by atoms with E-state index in [-0.39, 0.29) is 12.3 Å². The van der Waals surface area contributed by atoms with Crippen LogP contribution in [0.1, 0.15) is 21.9 Å². The van der Waals surface area contributed by atoms with Crippen molar-refractivity contribution in [1.29, 1.82) is 0 Å². The highest BCUT2D eigenvalue weighted by Crippen LogP contribution is 2.36. The van der Waals surface area contributed by atoms with Gasteiger partial charge in [0.2, 0.25) is 0 Å². The Bertz CT molecular complexity index is 1350. The summed E-state index contributed by atoms with van der Waals surface area (Å²) in [5, 5.41) is 16.1. The molecule has 176 valence electrons. The first-order chi connectivity index (χ1) is 16.5. The zero-order valence-corrected chi connectivity index (χ0v) is 19.6. The first-order valence-electron chi connectivity index (χ1n) is 10.4. The zero-order chi connectivity index (χ0) is 24.2. The van der Waals surface area contributed by atoms with Gasteiger partial charge in [-0.1, -0.05) is 18.2 Å². The molecule has 0 aliphatic carbocycles. The third-order valence-corrected chi connectivity index (χ3v) is 5.36. The van der Waals surface area contributed by atoms with Gasteiger partial charge in [-0.15, -0.1) is 10.2 Å². The molecule has 0 spiro atoms. The molecule has 34 heavy (non-hydrogen) atoms. The van der Waals surface area contributed by atoms with Crippen LogP contribution in [0.15, 0.2) is 42.5 Å². The van der Waals surface area contributed by atoms with Crippen LogP contribution in [0.5, 0.6) is 17.2 Å². The minimum Gasteiger partial charge on any atom is -0.495 e. The Hall–Kier alpha value is -4.18. The van der Waals surface area contributed by atoms with E-state index in [1.165, 1.54) is 0 Å². The van der Waals surface area contributed by atoms with Crippen molar-refractivity contribution < 1.29 is 23.7 Å². The lowest BCUT2D eigenvalue weighted by Crippen LogP contribution is -2.19. The number of aryl methyl sites for hydroxylation is 1. The summed E-state index contributed by atoms with van der Waals surface area (Å²) < 4.78 is 23.1. The van der Waals surface area contributed by atoms with Crippen LogP contribution in [-0.2, 0) is 11.3 Å². The van der Waals surface area contributed by atoms with E-state index in [1.54, 1.807) is 58.1 Å². The number of nitrogens with zero attached hydrogens (tertiary/aromatic N) is 4. The second-order valence-electron chi connectivity index (χ2n) is 7.35. The molecule has 1 amide bonds. The first-order valence-corrected chi connectivity index (χ1v) is 10.4. The van der Waals surface area contributed by atoms with Crippen LogP contribution in [0, 0.1) is 6.92 Å². The molecule has 1 N–H and O–H groups in total. The molecule has 0 radical (unpaired) electrons. The highest BCUT2D eigenvalue weighted by Gasteiger charge is 2.23. The molecule has 10 nitrogen and oxygen atoms in total. The predicted octanol–water partition coefficient (Wildman–Crippen LogP) is 3.52. The summed E-state index contributed by atoms with van der Waals surface area (Å²) in [6, 6.07) is 12.7. The normalized spacial score (nSPS) is 10.9. The molecule has 4 aromatic rings. The lowest BCUT2D eigenvalue weighted by molar-refractivity contribution is 0.101. The average Bonchev–Trinajstić information content (AvgIpc) is 3.23. The van der Waals surface area contributed by atoms with E-state index in [0.717, 1.165) is 11.1 Å². The standard InChI is InChI=1S/C24H25N5O5/c1-14-22(24(30)25-16-8-6-7-9-18(16)32-3)26-27-23-21(17(13-31-2)28-29(14)23)15-10-11-19(33-4)20(12-15)34-5/h6-12H,13H2,1-5H3,(H,25,30). The number of amides is 1. The Morgan fingerprint density at radius 3 is 2.38 bits per heavy atom. The molecule has 2 aromatic heterocycles. The maximum atomic E-state index is 13.0. The van der Waals surface area contributed by atoms with Crippen molar-refractivity contribution in [3.8, 4) is 28.4 Å². The number of hydrogen-bond donors (Lipinski definition) is 1. The summed E-state index contributed by atoms with van der Waals surface area (Å²) in [5.41, 5.74) is 3.88. The number of rotatable bonds is 8. The van der Waals surface area contributed by atoms with Crippen molar-refractivity contribution in [2.45, 2.75) is 13.5 Å². The van der Waals surface area contributed by atoms with E-state index in [1.807, 2.05) is 24.3 Å². The Morgan fingerprint density at radius 2 is 1.68 bits per heavy atom. The topological polar surface area (TPSA) is 109 Å². The highest BCUT2D eigenvalue weighted by atomic mass is 16.5. The van der Waals surface area contributed by atoms with Crippen LogP contribution in [-0.4, -0.2) is 54.2 Å². The molecule has 2 heterocycles. The van der Waals surface area contributed by atoms with E-state index < -0.39 is 5.91 Å². The second kappa shape index (κ2) is 9.75. The maximum absolute atomic E-state index is 13.0. The predicted molar refractivity (Wildman–Crippen MR) is 126 cm³/mol. The molecule has 4 rings (SSSR count). The molecule has 10 heteroatoms. The van der Waals surface area contributed by atoms with E-state index in [0.29, 0.717) is 40.0 Å². The molecule has 0 atom stereocenters. The Labute approximate surface area is 196 Å². The number of ether oxygens (including phenoxy) is 4. The lowest BCUT2D eigenvalue weighted by Gasteiger charge is -2.11. The van der Waals surface area contributed by atoms with Gasteiger partial charge in [-0.25, -0.2) is 4.52 Å². The Kier molecular flexibility index (Phi) is 6.60. The van der Waals surface area contributed by atoms with Gasteiger partial charge in [0.1, 0.15) is 5.75 Å². The van der Waals surface area contributed by atoms with Crippen LogP contribution in [0.25, 0.3) is 16.8 Å². The number of anilines is 1. The molecular formula is C24H25N5O5. The smallest absolute Gasteiger partial charge is 0.278 e. The van der Waals surface area contributed by atoms with Crippen molar-refractivity contribution in [3.63, 3.8) is 0 Å². The summed E-state index contributed by atoms with van der Waals surface area (Å²) in [7, 11) is 6.28. The molecule has 0 unspecified atom stereocenters. The van der Waals surface area contributed by atoms with Crippen molar-refractivity contribution in [3.05, 3.63) is 59.5 Å². The number of hydrogen-bond acceptors (Lipinski definition) is 8. The number of carbonyl (C=O) groups is 1. The Balaban J connectivity index is 1.80. The van der Waals surface area contributed by atoms with E-state index in [9.17, 15) is 4.79 Å². The second-order valence-corrected chi connectivity index (χ2v) is 7.35. The molecule has 0 saturated heterocycles. The van der Waals surface area contributed by atoms with Gasteiger partial charge in [0, 0.05) is 7.11 Å². The third kappa shape index (κ3) is 4.11. The number of aromatic nitrogens is 4. The molecule has 2 aromatic carbocycles. The largest absolute Gasteiger partial charge is 0.495 e. The Morgan fingerprint density at radius 1 is 0.941 bits per heavy atom. The van der Waals surface area contributed by atoms with E-state index in [2.05, 4.69) is 20.6 Å². The molecule has 0 bridgehead atoms. The van der Waals surface area contributed by atoms with Gasteiger partial charge in [-0.3, -0.25) is 4.79 Å². The van der Waals surface area contributed by atoms with Crippen LogP contribution in [0.3, 0.4) is 0 Å². The van der Waals surface area contributed by atoms with Crippen molar-refractivity contribution in [2.75, 3.05) is 33.8 Å². The number of para-hydroxylation sites is 2. The number of benzene rings is 2. The van der Waals surface area contributed by atoms with Crippen molar-refractivity contribution >= 4 is 17.2 Å². The van der Waals surface area contributed by atoms with E-state index >= 15 is 0 Å². The molecule has 0 saturated carbocycles. The van der Waals surface area contributed by atoms with Crippen LogP contribution in [0.2, 0.25) is 0 Å². The van der Waals surface area contributed by atoms with Gasteiger partial charge < -0.3 is 24.3 Å². The van der Waals surface area contributed by atoms with Gasteiger partial charge >= 0.3 is 0 Å². The van der Waals surface area contributed by atoms with Gasteiger partial charge in [0.25, 0.3) is 5.91 Å². The zero-order valence-electron chi connectivity index (χ0n) is 19.6. The minimum atomic E-state index is -0.423. The van der Waals surface area contributed by atoms with Crippen LogP contribution >= 0.6 is 0 Å².